The van der Waals surface area contributed by atoms with Crippen LogP contribution in [0.2, 0.25) is 0 Å². The van der Waals surface area contributed by atoms with Crippen LogP contribution in [-0.2, 0) is 0 Å². The van der Waals surface area contributed by atoms with Crippen molar-refractivity contribution in [3.8, 4) is 5.75 Å². The Bertz CT molecular complexity index is 784. The van der Waals surface area contributed by atoms with Crippen molar-refractivity contribution in [2.75, 3.05) is 12.4 Å². The third kappa shape index (κ3) is 4.16. The fourth-order valence-electron chi connectivity index (χ4n) is 1.72. The van der Waals surface area contributed by atoms with Crippen LogP contribution >= 0.6 is 34.8 Å². The second-order valence-corrected chi connectivity index (χ2v) is 5.55. The quantitative estimate of drug-likeness (QED) is 0.459. The molecule has 0 amide bonds. The number of benzene rings is 1. The number of halogens is 3. The molecule has 2 aromatic rings. The van der Waals surface area contributed by atoms with Gasteiger partial charge in [0.25, 0.3) is 0 Å². The lowest BCUT2D eigenvalue weighted by molar-refractivity contribution is -0.419. The highest BCUT2D eigenvalue weighted by Crippen LogP contribution is 2.30. The third-order valence-electron chi connectivity index (χ3n) is 2.78. The fraction of sp³-hybridized carbons (Fsp3) is 0.0769. The number of hydrogen-bond acceptors (Lipinski definition) is 6. The molecule has 2 rings (SSSR count). The minimum atomic E-state index is -0.722. The minimum Gasteiger partial charge on any atom is -0.497 e. The zero-order valence-corrected chi connectivity index (χ0v) is 14.4. The molecule has 0 spiro atoms. The van der Waals surface area contributed by atoms with Crippen molar-refractivity contribution in [1.29, 1.82) is 0 Å². The normalized spacial score (nSPS) is 11.5. The van der Waals surface area contributed by atoms with Crippen LogP contribution < -0.4 is 10.1 Å². The number of nitrogens with one attached hydrogen (secondary N) is 1. The smallest absolute Gasteiger partial charge is 0.332 e. The zero-order chi connectivity index (χ0) is 17.7. The molecule has 126 valence electrons. The molecular weight excluding hydrogens is 381 g/mol. The summed E-state index contributed by atoms with van der Waals surface area (Å²) >= 11 is 17.1. The molecule has 0 aliphatic heterocycles. The van der Waals surface area contributed by atoms with Gasteiger partial charge in [0, 0.05) is 5.69 Å². The second kappa shape index (κ2) is 8.00. The summed E-state index contributed by atoms with van der Waals surface area (Å²) in [4.78, 5) is 14.5. The van der Waals surface area contributed by atoms with Crippen molar-refractivity contribution in [3.63, 3.8) is 0 Å². The summed E-state index contributed by atoms with van der Waals surface area (Å²) < 4.78 is 5.76. The lowest BCUT2D eigenvalue weighted by atomic mass is 10.3. The minimum absolute atomic E-state index is 0.0773. The molecule has 0 bridgehead atoms. The molecule has 11 heteroatoms. The van der Waals surface area contributed by atoms with Crippen LogP contribution in [0.5, 0.6) is 5.75 Å². The molecule has 0 atom stereocenters. The van der Waals surface area contributed by atoms with Crippen LogP contribution in [0.25, 0.3) is 5.82 Å². The summed E-state index contributed by atoms with van der Waals surface area (Å²) in [7, 11) is 1.53. The Balaban J connectivity index is 2.57. The average molecular weight is 391 g/mol. The molecule has 1 N–H and O–H groups in total. The van der Waals surface area contributed by atoms with Crippen molar-refractivity contribution in [3.05, 3.63) is 62.3 Å². The van der Waals surface area contributed by atoms with Crippen LogP contribution in [0.15, 0.2) is 52.1 Å². The van der Waals surface area contributed by atoms with E-state index < -0.39 is 20.1 Å². The van der Waals surface area contributed by atoms with Gasteiger partial charge in [0.05, 0.1) is 12.0 Å². The SMILES string of the molecule is COc1ccc(N/C(=C(/C(Cl)=C(Cl)Cl)[N+](=O)[O-])n2cncn2)cc1. The first-order valence-electron chi connectivity index (χ1n) is 6.30. The summed E-state index contributed by atoms with van der Waals surface area (Å²) in [6, 6.07) is 6.68. The van der Waals surface area contributed by atoms with E-state index in [1.165, 1.54) is 19.8 Å². The lowest BCUT2D eigenvalue weighted by Gasteiger charge is -2.12. The van der Waals surface area contributed by atoms with Gasteiger partial charge in [-0.05, 0) is 24.3 Å². The summed E-state index contributed by atoms with van der Waals surface area (Å²) in [5.41, 5.74) is -0.0335. The van der Waals surface area contributed by atoms with Gasteiger partial charge in [0.1, 0.15) is 22.9 Å². The van der Waals surface area contributed by atoms with Gasteiger partial charge in [0.2, 0.25) is 5.82 Å². The number of anilines is 1. The summed E-state index contributed by atoms with van der Waals surface area (Å²) in [5, 5.41) is 17.8. The fourth-order valence-corrected chi connectivity index (χ4v) is 2.06. The van der Waals surface area contributed by atoms with Crippen LogP contribution in [0, 0.1) is 10.1 Å². The van der Waals surface area contributed by atoms with E-state index in [1.54, 1.807) is 24.3 Å². The van der Waals surface area contributed by atoms with Crippen molar-refractivity contribution < 1.29 is 9.66 Å². The van der Waals surface area contributed by atoms with Crippen LogP contribution in [0.1, 0.15) is 0 Å². The maximum atomic E-state index is 11.5. The van der Waals surface area contributed by atoms with Crippen LogP contribution in [-0.4, -0.2) is 26.8 Å². The van der Waals surface area contributed by atoms with E-state index >= 15 is 0 Å². The second-order valence-electron chi connectivity index (χ2n) is 4.22. The molecule has 24 heavy (non-hydrogen) atoms. The Hall–Kier alpha value is -2.29. The Kier molecular flexibility index (Phi) is 6.02. The largest absolute Gasteiger partial charge is 0.497 e. The number of hydrogen-bond donors (Lipinski definition) is 1. The standard InChI is InChI=1S/C13H10Cl3N5O3/c1-24-9-4-2-8(3-5-9)19-13(20-7-17-6-18-20)11(21(22)23)10(14)12(15)16/h2-7,19H,1H3/b13-11+. The van der Waals surface area contributed by atoms with Crippen molar-refractivity contribution in [2.45, 2.75) is 0 Å². The number of methoxy groups -OCH3 is 1. The van der Waals surface area contributed by atoms with E-state index in [0.717, 1.165) is 4.68 Å². The van der Waals surface area contributed by atoms with Gasteiger partial charge in [-0.2, -0.15) is 9.78 Å². The van der Waals surface area contributed by atoms with Crippen LogP contribution in [0.4, 0.5) is 5.69 Å². The number of nitrogens with zero attached hydrogens (tertiary/aromatic N) is 4. The molecule has 1 aromatic heterocycles. The Morgan fingerprint density at radius 3 is 2.42 bits per heavy atom. The first-order chi connectivity index (χ1) is 11.4. The maximum Gasteiger partial charge on any atom is 0.332 e. The number of aromatic nitrogens is 3. The van der Waals surface area contributed by atoms with Crippen LogP contribution in [0.3, 0.4) is 0 Å². The predicted molar refractivity (Wildman–Crippen MR) is 91.4 cm³/mol. The zero-order valence-electron chi connectivity index (χ0n) is 12.1. The molecule has 8 nitrogen and oxygen atoms in total. The first-order valence-corrected chi connectivity index (χ1v) is 7.43. The van der Waals surface area contributed by atoms with Crippen molar-refractivity contribution in [2.24, 2.45) is 0 Å². The van der Waals surface area contributed by atoms with E-state index in [1.807, 2.05) is 0 Å². The molecule has 0 radical (unpaired) electrons. The Morgan fingerprint density at radius 2 is 1.96 bits per heavy atom. The van der Waals surface area contributed by atoms with Gasteiger partial charge in [0.15, 0.2) is 5.03 Å². The summed E-state index contributed by atoms with van der Waals surface area (Å²) in [6.07, 6.45) is 2.48. The Labute approximate surface area is 151 Å². The predicted octanol–water partition coefficient (Wildman–Crippen LogP) is 3.69. The molecule has 1 heterocycles. The molecule has 0 saturated heterocycles. The number of nitro groups is 1. The lowest BCUT2D eigenvalue weighted by Crippen LogP contribution is -2.15. The molecule has 0 fully saturated rings. The summed E-state index contributed by atoms with van der Waals surface area (Å²) in [5.74, 6) is 0.550. The highest BCUT2D eigenvalue weighted by molar-refractivity contribution is 6.59. The number of allylic oxidation sites excluding steroid dienone is 1. The highest BCUT2D eigenvalue weighted by atomic mass is 35.5. The number of rotatable bonds is 6. The van der Waals surface area contributed by atoms with E-state index in [-0.39, 0.29) is 5.82 Å². The van der Waals surface area contributed by atoms with Gasteiger partial charge in [-0.3, -0.25) is 10.1 Å². The molecule has 0 aliphatic carbocycles. The number of ether oxygens (including phenoxy) is 1. The maximum absolute atomic E-state index is 11.5. The van der Waals surface area contributed by atoms with Gasteiger partial charge in [-0.25, -0.2) is 4.98 Å². The van der Waals surface area contributed by atoms with Crippen molar-refractivity contribution >= 4 is 46.3 Å². The molecular formula is C13H10Cl3N5O3. The first kappa shape index (κ1) is 18.1. The molecule has 0 unspecified atom stereocenters. The molecule has 0 saturated carbocycles. The van der Waals surface area contributed by atoms with Gasteiger partial charge >= 0.3 is 5.70 Å². The highest BCUT2D eigenvalue weighted by Gasteiger charge is 2.27. The van der Waals surface area contributed by atoms with E-state index in [9.17, 15) is 10.1 Å². The van der Waals surface area contributed by atoms with Crippen molar-refractivity contribution in [1.82, 2.24) is 14.8 Å². The van der Waals surface area contributed by atoms with Gasteiger partial charge in [-0.1, -0.05) is 34.8 Å². The third-order valence-corrected chi connectivity index (χ3v) is 3.72. The van der Waals surface area contributed by atoms with Gasteiger partial charge in [-0.15, -0.1) is 0 Å². The topological polar surface area (TPSA) is 95.1 Å². The van der Waals surface area contributed by atoms with E-state index in [4.69, 9.17) is 39.5 Å². The van der Waals surface area contributed by atoms with E-state index in [2.05, 4.69) is 15.4 Å². The summed E-state index contributed by atoms with van der Waals surface area (Å²) in [6.45, 7) is 0. The average Bonchev–Trinajstić information content (AvgIpc) is 3.08. The Morgan fingerprint density at radius 1 is 1.29 bits per heavy atom. The molecule has 1 aromatic carbocycles. The van der Waals surface area contributed by atoms with Gasteiger partial charge < -0.3 is 10.1 Å². The van der Waals surface area contributed by atoms with E-state index in [0.29, 0.717) is 11.4 Å². The monoisotopic (exact) mass is 389 g/mol. The molecule has 0 aliphatic rings.